The molecule has 0 radical (unpaired) electrons. The van der Waals surface area contributed by atoms with Gasteiger partial charge in [-0.1, -0.05) is 0 Å². The molecule has 2 N–H and O–H groups in total. The topological polar surface area (TPSA) is 79.0 Å². The summed E-state index contributed by atoms with van der Waals surface area (Å²) in [7, 11) is -3.55. The summed E-state index contributed by atoms with van der Waals surface area (Å²) < 4.78 is 25.6. The van der Waals surface area contributed by atoms with E-state index in [1.165, 1.54) is 6.07 Å². The van der Waals surface area contributed by atoms with Crippen molar-refractivity contribution in [2.45, 2.75) is 17.7 Å². The van der Waals surface area contributed by atoms with Crippen molar-refractivity contribution in [3.8, 4) is 12.3 Å². The SMILES string of the molecule is C#CCCCNS(=O)(=O)c1ccc(=O)[nH]c1. The van der Waals surface area contributed by atoms with Gasteiger partial charge in [0.1, 0.15) is 0 Å². The minimum absolute atomic E-state index is 0.0350. The van der Waals surface area contributed by atoms with Crippen LogP contribution in [-0.2, 0) is 10.0 Å². The number of hydrogen-bond donors (Lipinski definition) is 2. The molecule has 1 heterocycles. The molecule has 0 atom stereocenters. The van der Waals surface area contributed by atoms with E-state index >= 15 is 0 Å². The van der Waals surface area contributed by atoms with E-state index in [2.05, 4.69) is 15.6 Å². The van der Waals surface area contributed by atoms with Crippen LogP contribution < -0.4 is 10.3 Å². The van der Waals surface area contributed by atoms with Crippen molar-refractivity contribution in [1.29, 1.82) is 0 Å². The van der Waals surface area contributed by atoms with Crippen molar-refractivity contribution >= 4 is 10.0 Å². The molecule has 1 aromatic rings. The number of rotatable bonds is 5. The van der Waals surface area contributed by atoms with Crippen LogP contribution in [0.3, 0.4) is 0 Å². The van der Waals surface area contributed by atoms with Crippen LogP contribution >= 0.6 is 0 Å². The summed E-state index contributed by atoms with van der Waals surface area (Å²) in [6, 6.07) is 2.42. The molecule has 0 aliphatic heterocycles. The molecule has 0 aliphatic carbocycles. The number of pyridine rings is 1. The summed E-state index contributed by atoms with van der Waals surface area (Å²) in [5, 5.41) is 0. The third kappa shape index (κ3) is 3.53. The zero-order valence-corrected chi connectivity index (χ0v) is 9.38. The van der Waals surface area contributed by atoms with Crippen LogP contribution in [0.25, 0.3) is 0 Å². The normalized spacial score (nSPS) is 10.9. The molecule has 5 nitrogen and oxygen atoms in total. The van der Waals surface area contributed by atoms with Crippen LogP contribution in [0.4, 0.5) is 0 Å². The molecule has 16 heavy (non-hydrogen) atoms. The summed E-state index contributed by atoms with van der Waals surface area (Å²) in [5.74, 6) is 2.42. The third-order valence-corrected chi connectivity index (χ3v) is 3.31. The van der Waals surface area contributed by atoms with E-state index in [1.54, 1.807) is 0 Å². The molecule has 0 spiro atoms. The molecular formula is C10H12N2O3S. The molecule has 1 aromatic heterocycles. The van der Waals surface area contributed by atoms with E-state index < -0.39 is 10.0 Å². The van der Waals surface area contributed by atoms with Gasteiger partial charge in [0.05, 0.1) is 4.90 Å². The van der Waals surface area contributed by atoms with Gasteiger partial charge in [0, 0.05) is 25.2 Å². The van der Waals surface area contributed by atoms with E-state index in [4.69, 9.17) is 6.42 Å². The lowest BCUT2D eigenvalue weighted by Crippen LogP contribution is -2.25. The van der Waals surface area contributed by atoms with Crippen molar-refractivity contribution in [2.75, 3.05) is 6.54 Å². The number of unbranched alkanes of at least 4 members (excludes halogenated alkanes) is 1. The predicted octanol–water partition coefficient (Wildman–Crippen LogP) is 0.0666. The van der Waals surface area contributed by atoms with Gasteiger partial charge in [0.25, 0.3) is 0 Å². The van der Waals surface area contributed by atoms with Crippen LogP contribution in [0, 0.1) is 12.3 Å². The van der Waals surface area contributed by atoms with Crippen LogP contribution in [0.1, 0.15) is 12.8 Å². The second-order valence-corrected chi connectivity index (χ2v) is 4.86. The van der Waals surface area contributed by atoms with Gasteiger partial charge in [-0.05, 0) is 12.5 Å². The van der Waals surface area contributed by atoms with Crippen LogP contribution in [0.5, 0.6) is 0 Å². The van der Waals surface area contributed by atoms with Crippen molar-refractivity contribution in [3.63, 3.8) is 0 Å². The number of H-pyrrole nitrogens is 1. The minimum Gasteiger partial charge on any atom is -0.328 e. The second-order valence-electron chi connectivity index (χ2n) is 3.09. The van der Waals surface area contributed by atoms with Gasteiger partial charge in [-0.25, -0.2) is 13.1 Å². The first-order valence-electron chi connectivity index (χ1n) is 4.68. The lowest BCUT2D eigenvalue weighted by Gasteiger charge is -2.04. The van der Waals surface area contributed by atoms with E-state index in [1.807, 2.05) is 0 Å². The number of hydrogen-bond acceptors (Lipinski definition) is 3. The third-order valence-electron chi connectivity index (χ3n) is 1.86. The maximum absolute atomic E-state index is 11.6. The number of sulfonamides is 1. The standard InChI is InChI=1S/C10H12N2O3S/c1-2-3-4-7-12-16(14,15)9-5-6-10(13)11-8-9/h1,5-6,8,12H,3-4,7H2,(H,11,13). The fourth-order valence-electron chi connectivity index (χ4n) is 1.04. The molecule has 6 heteroatoms. The average Bonchev–Trinajstić information content (AvgIpc) is 2.25. The molecule has 0 saturated heterocycles. The lowest BCUT2D eigenvalue weighted by atomic mass is 10.3. The molecule has 0 saturated carbocycles. The number of nitrogens with one attached hydrogen (secondary N) is 2. The van der Waals surface area contributed by atoms with Crippen LogP contribution in [0.2, 0.25) is 0 Å². The molecule has 0 unspecified atom stereocenters. The van der Waals surface area contributed by atoms with E-state index in [-0.39, 0.29) is 17.0 Å². The first-order chi connectivity index (χ1) is 7.56. The fraction of sp³-hybridized carbons (Fsp3) is 0.300. The molecule has 1 rings (SSSR count). The largest absolute Gasteiger partial charge is 0.328 e. The highest BCUT2D eigenvalue weighted by atomic mass is 32.2. The summed E-state index contributed by atoms with van der Waals surface area (Å²) in [5.41, 5.74) is -0.341. The Bertz CT molecular complexity index is 519. The maximum atomic E-state index is 11.6. The number of aromatic nitrogens is 1. The zero-order valence-electron chi connectivity index (χ0n) is 8.56. The van der Waals surface area contributed by atoms with Crippen molar-refractivity contribution in [3.05, 3.63) is 28.7 Å². The van der Waals surface area contributed by atoms with Crippen molar-refractivity contribution in [2.24, 2.45) is 0 Å². The summed E-state index contributed by atoms with van der Waals surface area (Å²) in [6.07, 6.45) is 7.30. The van der Waals surface area contributed by atoms with Crippen molar-refractivity contribution < 1.29 is 8.42 Å². The summed E-state index contributed by atoms with van der Waals surface area (Å²) in [6.45, 7) is 0.283. The molecule has 0 bridgehead atoms. The highest BCUT2D eigenvalue weighted by Gasteiger charge is 2.12. The molecular weight excluding hydrogens is 228 g/mol. The molecule has 0 aliphatic rings. The van der Waals surface area contributed by atoms with Crippen molar-refractivity contribution in [1.82, 2.24) is 9.71 Å². The smallest absolute Gasteiger partial charge is 0.247 e. The van der Waals surface area contributed by atoms with Crippen LogP contribution in [-0.4, -0.2) is 19.9 Å². The maximum Gasteiger partial charge on any atom is 0.247 e. The number of terminal acetylenes is 1. The lowest BCUT2D eigenvalue weighted by molar-refractivity contribution is 0.579. The van der Waals surface area contributed by atoms with Gasteiger partial charge in [-0.15, -0.1) is 12.3 Å². The molecule has 0 fully saturated rings. The molecule has 0 amide bonds. The Labute approximate surface area is 93.9 Å². The highest BCUT2D eigenvalue weighted by Crippen LogP contribution is 2.03. The van der Waals surface area contributed by atoms with E-state index in [0.29, 0.717) is 12.8 Å². The Morgan fingerprint density at radius 2 is 2.19 bits per heavy atom. The van der Waals surface area contributed by atoms with E-state index in [0.717, 1.165) is 12.3 Å². The Morgan fingerprint density at radius 3 is 2.75 bits per heavy atom. The fourth-order valence-corrected chi connectivity index (χ4v) is 2.08. The average molecular weight is 240 g/mol. The van der Waals surface area contributed by atoms with Gasteiger partial charge >= 0.3 is 0 Å². The van der Waals surface area contributed by atoms with Crippen LogP contribution in [0.15, 0.2) is 28.0 Å². The van der Waals surface area contributed by atoms with E-state index in [9.17, 15) is 13.2 Å². The Hall–Kier alpha value is -1.58. The Morgan fingerprint density at radius 1 is 1.44 bits per heavy atom. The Kier molecular flexibility index (Phi) is 4.28. The second kappa shape index (κ2) is 5.49. The zero-order chi connectivity index (χ0) is 12.0. The van der Waals surface area contributed by atoms with Gasteiger partial charge in [0.15, 0.2) is 0 Å². The van der Waals surface area contributed by atoms with Gasteiger partial charge in [-0.2, -0.15) is 0 Å². The van der Waals surface area contributed by atoms with Gasteiger partial charge in [0.2, 0.25) is 15.6 Å². The first-order valence-corrected chi connectivity index (χ1v) is 6.16. The highest BCUT2D eigenvalue weighted by molar-refractivity contribution is 7.89. The number of aromatic amines is 1. The first kappa shape index (κ1) is 12.5. The summed E-state index contributed by atoms with van der Waals surface area (Å²) >= 11 is 0. The molecule has 86 valence electrons. The molecule has 0 aromatic carbocycles. The monoisotopic (exact) mass is 240 g/mol. The summed E-state index contributed by atoms with van der Waals surface area (Å²) in [4.78, 5) is 13.1. The minimum atomic E-state index is -3.55. The quantitative estimate of drug-likeness (QED) is 0.564. The predicted molar refractivity (Wildman–Crippen MR) is 60.3 cm³/mol. The van der Waals surface area contributed by atoms with Gasteiger partial charge in [-0.3, -0.25) is 4.79 Å². The van der Waals surface area contributed by atoms with Gasteiger partial charge < -0.3 is 4.98 Å². The Balaban J connectivity index is 2.68.